The summed E-state index contributed by atoms with van der Waals surface area (Å²) in [7, 11) is 0. The monoisotopic (exact) mass is 293 g/mol. The molecule has 2 rings (SSSR count). The number of rotatable bonds is 7. The fourth-order valence-electron chi connectivity index (χ4n) is 5.22. The highest BCUT2D eigenvalue weighted by Crippen LogP contribution is 2.41. The minimum atomic E-state index is 0.824. The highest BCUT2D eigenvalue weighted by molar-refractivity contribution is 4.91. The first-order valence-corrected chi connectivity index (χ1v) is 10.0. The summed E-state index contributed by atoms with van der Waals surface area (Å²) in [4.78, 5) is 0. The van der Waals surface area contributed by atoms with Crippen molar-refractivity contribution in [2.24, 2.45) is 23.7 Å². The molecule has 0 aromatic carbocycles. The molecule has 5 atom stereocenters. The molecule has 0 spiro atoms. The third-order valence-electron chi connectivity index (χ3n) is 6.49. The summed E-state index contributed by atoms with van der Waals surface area (Å²) in [5, 5.41) is 4.02. The maximum absolute atomic E-state index is 4.02. The second-order valence-corrected chi connectivity index (χ2v) is 7.80. The van der Waals surface area contributed by atoms with Crippen molar-refractivity contribution in [3.63, 3.8) is 0 Å². The Labute approximate surface area is 133 Å². The molecule has 0 bridgehead atoms. The minimum Gasteiger partial charge on any atom is -0.313 e. The molecular weight excluding hydrogens is 254 g/mol. The Bertz CT molecular complexity index is 275. The lowest BCUT2D eigenvalue weighted by Gasteiger charge is -2.44. The third kappa shape index (κ3) is 4.71. The molecule has 0 aliphatic heterocycles. The van der Waals surface area contributed by atoms with Crippen LogP contribution in [0.5, 0.6) is 0 Å². The van der Waals surface area contributed by atoms with Gasteiger partial charge >= 0.3 is 0 Å². The van der Waals surface area contributed by atoms with Crippen LogP contribution in [0, 0.1) is 23.7 Å². The van der Waals surface area contributed by atoms with E-state index in [4.69, 9.17) is 0 Å². The van der Waals surface area contributed by atoms with Gasteiger partial charge in [0.05, 0.1) is 0 Å². The van der Waals surface area contributed by atoms with Crippen molar-refractivity contribution in [3.8, 4) is 0 Å². The van der Waals surface area contributed by atoms with E-state index in [1.807, 2.05) is 0 Å². The Balaban J connectivity index is 2.04. The lowest BCUT2D eigenvalue weighted by Crippen LogP contribution is -2.47. The van der Waals surface area contributed by atoms with Crippen molar-refractivity contribution in [2.45, 2.75) is 97.4 Å². The average molecular weight is 294 g/mol. The standard InChI is InChI=1S/C20H39N/c1-4-14-21-20(18-12-9-10-16(5-2)15-18)19-13-8-7-11-17(19)6-3/h16-21H,4-15H2,1-3H3. The number of hydrogen-bond acceptors (Lipinski definition) is 1. The van der Waals surface area contributed by atoms with Crippen LogP contribution in [0.25, 0.3) is 0 Å². The van der Waals surface area contributed by atoms with Crippen molar-refractivity contribution >= 4 is 0 Å². The van der Waals surface area contributed by atoms with Crippen LogP contribution in [0.4, 0.5) is 0 Å². The van der Waals surface area contributed by atoms with E-state index < -0.39 is 0 Å². The first kappa shape index (κ1) is 17.3. The average Bonchev–Trinajstić information content (AvgIpc) is 2.56. The molecule has 1 N–H and O–H groups in total. The summed E-state index contributed by atoms with van der Waals surface area (Å²) in [6.45, 7) is 8.37. The van der Waals surface area contributed by atoms with Gasteiger partial charge in [0.25, 0.3) is 0 Å². The smallest absolute Gasteiger partial charge is 0.0126 e. The molecule has 0 radical (unpaired) electrons. The largest absolute Gasteiger partial charge is 0.313 e. The summed E-state index contributed by atoms with van der Waals surface area (Å²) in [5.41, 5.74) is 0. The predicted molar refractivity (Wildman–Crippen MR) is 93.6 cm³/mol. The van der Waals surface area contributed by atoms with Gasteiger partial charge in [-0.3, -0.25) is 0 Å². The molecule has 0 amide bonds. The van der Waals surface area contributed by atoms with Crippen LogP contribution in [0.3, 0.4) is 0 Å². The molecule has 0 aromatic rings. The van der Waals surface area contributed by atoms with Crippen molar-refractivity contribution in [1.82, 2.24) is 5.32 Å². The van der Waals surface area contributed by atoms with Gasteiger partial charge in [-0.15, -0.1) is 0 Å². The van der Waals surface area contributed by atoms with Crippen LogP contribution in [0.1, 0.15) is 91.4 Å². The maximum Gasteiger partial charge on any atom is 0.0126 e. The molecule has 2 aliphatic rings. The summed E-state index contributed by atoms with van der Waals surface area (Å²) >= 11 is 0. The summed E-state index contributed by atoms with van der Waals surface area (Å²) in [6.07, 6.45) is 16.0. The van der Waals surface area contributed by atoms with Gasteiger partial charge in [-0.25, -0.2) is 0 Å². The molecule has 2 aliphatic carbocycles. The molecule has 21 heavy (non-hydrogen) atoms. The lowest BCUT2D eigenvalue weighted by atomic mass is 9.66. The van der Waals surface area contributed by atoms with Crippen LogP contribution in [0.15, 0.2) is 0 Å². The second-order valence-electron chi connectivity index (χ2n) is 7.80. The molecule has 0 aromatic heterocycles. The van der Waals surface area contributed by atoms with Crippen molar-refractivity contribution in [3.05, 3.63) is 0 Å². The molecule has 1 nitrogen and oxygen atoms in total. The molecule has 1 heteroatoms. The van der Waals surface area contributed by atoms with E-state index in [1.54, 1.807) is 0 Å². The van der Waals surface area contributed by atoms with Gasteiger partial charge in [-0.2, -0.15) is 0 Å². The van der Waals surface area contributed by atoms with Gasteiger partial charge < -0.3 is 5.32 Å². The van der Waals surface area contributed by atoms with Crippen molar-refractivity contribution < 1.29 is 0 Å². The van der Waals surface area contributed by atoms with Gasteiger partial charge in [-0.1, -0.05) is 65.7 Å². The Morgan fingerprint density at radius 2 is 1.71 bits per heavy atom. The molecule has 0 heterocycles. The van der Waals surface area contributed by atoms with E-state index >= 15 is 0 Å². The summed E-state index contributed by atoms with van der Waals surface area (Å²) in [6, 6.07) is 0.824. The predicted octanol–water partition coefficient (Wildman–Crippen LogP) is 5.79. The molecule has 5 unspecified atom stereocenters. The fraction of sp³-hybridized carbons (Fsp3) is 1.00. The lowest BCUT2D eigenvalue weighted by molar-refractivity contribution is 0.103. The first-order valence-electron chi connectivity index (χ1n) is 10.0. The zero-order valence-electron chi connectivity index (χ0n) is 14.9. The van der Waals surface area contributed by atoms with E-state index in [0.717, 1.165) is 29.7 Å². The topological polar surface area (TPSA) is 12.0 Å². The van der Waals surface area contributed by atoms with Gasteiger partial charge in [0.1, 0.15) is 0 Å². The first-order chi connectivity index (χ1) is 10.3. The molecule has 0 saturated heterocycles. The van der Waals surface area contributed by atoms with Crippen LogP contribution in [-0.4, -0.2) is 12.6 Å². The van der Waals surface area contributed by atoms with Gasteiger partial charge in [0.15, 0.2) is 0 Å². The minimum absolute atomic E-state index is 0.824. The zero-order chi connectivity index (χ0) is 15.1. The fourth-order valence-corrected chi connectivity index (χ4v) is 5.22. The highest BCUT2D eigenvalue weighted by atomic mass is 14.9. The van der Waals surface area contributed by atoms with Crippen LogP contribution in [0.2, 0.25) is 0 Å². The Morgan fingerprint density at radius 1 is 0.905 bits per heavy atom. The highest BCUT2D eigenvalue weighted by Gasteiger charge is 2.36. The Hall–Kier alpha value is -0.0400. The van der Waals surface area contributed by atoms with Gasteiger partial charge in [0.2, 0.25) is 0 Å². The molecule has 2 fully saturated rings. The summed E-state index contributed by atoms with van der Waals surface area (Å²) in [5.74, 6) is 3.94. The third-order valence-corrected chi connectivity index (χ3v) is 6.49. The van der Waals surface area contributed by atoms with E-state index in [1.165, 1.54) is 77.2 Å². The Kier molecular flexibility index (Phi) is 7.57. The molecule has 2 saturated carbocycles. The van der Waals surface area contributed by atoms with E-state index in [-0.39, 0.29) is 0 Å². The van der Waals surface area contributed by atoms with Gasteiger partial charge in [0, 0.05) is 6.04 Å². The number of hydrogen-bond donors (Lipinski definition) is 1. The van der Waals surface area contributed by atoms with Gasteiger partial charge in [-0.05, 0) is 55.9 Å². The molecular formula is C20H39N. The summed E-state index contributed by atoms with van der Waals surface area (Å²) < 4.78 is 0. The Morgan fingerprint density at radius 3 is 2.43 bits per heavy atom. The van der Waals surface area contributed by atoms with E-state index in [2.05, 4.69) is 26.1 Å². The van der Waals surface area contributed by atoms with Crippen LogP contribution in [-0.2, 0) is 0 Å². The normalized spacial score (nSPS) is 35.6. The molecule has 124 valence electrons. The van der Waals surface area contributed by atoms with Crippen LogP contribution < -0.4 is 5.32 Å². The zero-order valence-corrected chi connectivity index (χ0v) is 14.9. The maximum atomic E-state index is 4.02. The van der Waals surface area contributed by atoms with E-state index in [0.29, 0.717) is 0 Å². The quantitative estimate of drug-likeness (QED) is 0.626. The number of nitrogens with one attached hydrogen (secondary N) is 1. The van der Waals surface area contributed by atoms with Crippen LogP contribution >= 0.6 is 0 Å². The van der Waals surface area contributed by atoms with Crippen molar-refractivity contribution in [2.75, 3.05) is 6.54 Å². The second kappa shape index (κ2) is 9.18. The van der Waals surface area contributed by atoms with E-state index in [9.17, 15) is 0 Å². The van der Waals surface area contributed by atoms with Crippen molar-refractivity contribution in [1.29, 1.82) is 0 Å². The SMILES string of the molecule is CCCNC(C1CCCC(CC)C1)C1CCCCC1CC.